The summed E-state index contributed by atoms with van der Waals surface area (Å²) in [4.78, 5) is 4.18. The summed E-state index contributed by atoms with van der Waals surface area (Å²) in [6.45, 7) is 3.88. The molecule has 0 saturated carbocycles. The highest BCUT2D eigenvalue weighted by Gasteiger charge is 2.07. The third-order valence-electron chi connectivity index (χ3n) is 2.46. The van der Waals surface area contributed by atoms with Gasteiger partial charge in [-0.25, -0.2) is 9.37 Å². The van der Waals surface area contributed by atoms with Crippen molar-refractivity contribution in [1.29, 1.82) is 0 Å². The summed E-state index contributed by atoms with van der Waals surface area (Å²) in [5, 5.41) is 2.99. The van der Waals surface area contributed by atoms with E-state index in [4.69, 9.17) is 0 Å². The normalized spacial score (nSPS) is 10.4. The van der Waals surface area contributed by atoms with Gasteiger partial charge in [0.15, 0.2) is 0 Å². The molecule has 1 aromatic heterocycles. The molecule has 0 aliphatic rings. The average molecular weight is 295 g/mol. The van der Waals surface area contributed by atoms with E-state index in [0.717, 1.165) is 15.6 Å². The molecule has 17 heavy (non-hydrogen) atoms. The number of aromatic nitrogens is 1. The van der Waals surface area contributed by atoms with Crippen LogP contribution < -0.4 is 5.32 Å². The largest absolute Gasteiger partial charge is 0.337 e. The first kappa shape index (κ1) is 12.0. The van der Waals surface area contributed by atoms with Crippen molar-refractivity contribution in [1.82, 2.24) is 4.98 Å². The maximum absolute atomic E-state index is 13.6. The van der Waals surface area contributed by atoms with Crippen molar-refractivity contribution < 1.29 is 4.39 Å². The third kappa shape index (κ3) is 2.64. The van der Waals surface area contributed by atoms with Gasteiger partial charge in [0.2, 0.25) is 0 Å². The van der Waals surface area contributed by atoms with Gasteiger partial charge in [0.1, 0.15) is 11.6 Å². The van der Waals surface area contributed by atoms with Crippen LogP contribution in [0.25, 0.3) is 0 Å². The summed E-state index contributed by atoms with van der Waals surface area (Å²) in [6, 6.07) is 6.83. The molecule has 2 rings (SSSR count). The third-order valence-corrected chi connectivity index (χ3v) is 3.46. The summed E-state index contributed by atoms with van der Waals surface area (Å²) in [5.74, 6) is 0.334. The highest BCUT2D eigenvalue weighted by molar-refractivity contribution is 9.10. The average Bonchev–Trinajstić information content (AvgIpc) is 2.30. The summed E-state index contributed by atoms with van der Waals surface area (Å²) in [7, 11) is 0. The van der Waals surface area contributed by atoms with E-state index in [-0.39, 0.29) is 5.82 Å². The number of nitrogens with zero attached hydrogens (tertiary/aromatic N) is 1. The molecule has 1 N–H and O–H groups in total. The van der Waals surface area contributed by atoms with Gasteiger partial charge in [0, 0.05) is 6.20 Å². The number of hydrogen-bond donors (Lipinski definition) is 1. The molecule has 0 radical (unpaired) electrons. The first-order valence-corrected chi connectivity index (χ1v) is 6.01. The smallest absolute Gasteiger partial charge is 0.146 e. The van der Waals surface area contributed by atoms with E-state index in [9.17, 15) is 4.39 Å². The van der Waals surface area contributed by atoms with Gasteiger partial charge in [-0.05, 0) is 59.1 Å². The molecule has 0 atom stereocenters. The predicted molar refractivity (Wildman–Crippen MR) is 71.1 cm³/mol. The van der Waals surface area contributed by atoms with Crippen molar-refractivity contribution in [3.63, 3.8) is 0 Å². The van der Waals surface area contributed by atoms with Gasteiger partial charge >= 0.3 is 0 Å². The van der Waals surface area contributed by atoms with Crippen LogP contribution in [0.5, 0.6) is 0 Å². The zero-order valence-electron chi connectivity index (χ0n) is 9.59. The van der Waals surface area contributed by atoms with Crippen LogP contribution in [0.4, 0.5) is 15.9 Å². The fourth-order valence-corrected chi connectivity index (χ4v) is 1.82. The van der Waals surface area contributed by atoms with Crippen LogP contribution in [0.2, 0.25) is 0 Å². The molecule has 0 unspecified atom stereocenters. The Balaban J connectivity index is 2.38. The lowest BCUT2D eigenvalue weighted by Gasteiger charge is -2.10. The summed E-state index contributed by atoms with van der Waals surface area (Å²) >= 11 is 3.43. The van der Waals surface area contributed by atoms with E-state index in [2.05, 4.69) is 26.2 Å². The van der Waals surface area contributed by atoms with Crippen LogP contribution in [0, 0.1) is 19.7 Å². The van der Waals surface area contributed by atoms with Crippen molar-refractivity contribution in [3.8, 4) is 0 Å². The van der Waals surface area contributed by atoms with E-state index in [1.54, 1.807) is 18.3 Å². The van der Waals surface area contributed by atoms with Gasteiger partial charge in [0.05, 0.1) is 10.2 Å². The first-order chi connectivity index (χ1) is 8.08. The Morgan fingerprint density at radius 3 is 2.76 bits per heavy atom. The quantitative estimate of drug-likeness (QED) is 0.891. The van der Waals surface area contributed by atoms with Crippen LogP contribution in [0.15, 0.2) is 34.9 Å². The van der Waals surface area contributed by atoms with Crippen LogP contribution in [0.1, 0.15) is 11.1 Å². The Hall–Kier alpha value is -1.42. The zero-order valence-corrected chi connectivity index (χ0v) is 11.2. The molecule has 88 valence electrons. The molecule has 0 aliphatic carbocycles. The zero-order chi connectivity index (χ0) is 12.4. The number of hydrogen-bond acceptors (Lipinski definition) is 2. The summed E-state index contributed by atoms with van der Waals surface area (Å²) < 4.78 is 14.4. The van der Waals surface area contributed by atoms with E-state index in [1.807, 2.05) is 19.9 Å². The second-order valence-corrected chi connectivity index (χ2v) is 4.69. The van der Waals surface area contributed by atoms with E-state index < -0.39 is 0 Å². The Labute approximate surface area is 108 Å². The Bertz CT molecular complexity index is 555. The van der Waals surface area contributed by atoms with Crippen molar-refractivity contribution in [2.24, 2.45) is 0 Å². The molecule has 0 bridgehead atoms. The lowest BCUT2D eigenvalue weighted by Crippen LogP contribution is -1.98. The molecule has 2 aromatic rings. The number of pyridine rings is 1. The first-order valence-electron chi connectivity index (χ1n) is 5.22. The highest BCUT2D eigenvalue weighted by atomic mass is 79.9. The summed E-state index contributed by atoms with van der Waals surface area (Å²) in [6.07, 6.45) is 1.69. The Morgan fingerprint density at radius 2 is 2.00 bits per heavy atom. The van der Waals surface area contributed by atoms with Crippen LogP contribution in [0.3, 0.4) is 0 Å². The van der Waals surface area contributed by atoms with Crippen LogP contribution in [-0.2, 0) is 0 Å². The topological polar surface area (TPSA) is 24.9 Å². The minimum absolute atomic E-state index is 0.286. The number of halogens is 2. The second kappa shape index (κ2) is 4.84. The second-order valence-electron chi connectivity index (χ2n) is 3.90. The number of anilines is 2. The van der Waals surface area contributed by atoms with E-state index >= 15 is 0 Å². The molecular weight excluding hydrogens is 283 g/mol. The molecule has 4 heteroatoms. The maximum Gasteiger partial charge on any atom is 0.146 e. The van der Waals surface area contributed by atoms with Crippen LogP contribution in [-0.4, -0.2) is 4.98 Å². The van der Waals surface area contributed by atoms with Gasteiger partial charge in [-0.2, -0.15) is 0 Å². The predicted octanol–water partition coefficient (Wildman–Crippen LogP) is 4.34. The van der Waals surface area contributed by atoms with Crippen molar-refractivity contribution in [2.45, 2.75) is 13.8 Å². The molecule has 0 spiro atoms. The number of rotatable bonds is 2. The molecule has 1 aromatic carbocycles. The van der Waals surface area contributed by atoms with Crippen molar-refractivity contribution in [3.05, 3.63) is 51.9 Å². The standard InChI is InChI=1S/C13H12BrFN2/c1-8-3-4-10(15)11(7-8)17-13-12(14)9(2)5-6-16-13/h3-7H,1-2H3,(H,16,17). The SMILES string of the molecule is Cc1ccc(F)c(Nc2nccc(C)c2Br)c1. The highest BCUT2D eigenvalue weighted by Crippen LogP contribution is 2.27. The fourth-order valence-electron chi connectivity index (χ4n) is 1.49. The number of nitrogens with one attached hydrogen (secondary N) is 1. The molecule has 1 heterocycles. The molecule has 0 aliphatic heterocycles. The lowest BCUT2D eigenvalue weighted by atomic mass is 10.2. The molecule has 2 nitrogen and oxygen atoms in total. The van der Waals surface area contributed by atoms with Crippen molar-refractivity contribution in [2.75, 3.05) is 5.32 Å². The maximum atomic E-state index is 13.6. The van der Waals surface area contributed by atoms with Gasteiger partial charge < -0.3 is 5.32 Å². The lowest BCUT2D eigenvalue weighted by molar-refractivity contribution is 0.631. The van der Waals surface area contributed by atoms with E-state index in [0.29, 0.717) is 11.5 Å². The van der Waals surface area contributed by atoms with Crippen molar-refractivity contribution >= 4 is 27.4 Å². The van der Waals surface area contributed by atoms with Gasteiger partial charge in [-0.3, -0.25) is 0 Å². The van der Waals surface area contributed by atoms with Gasteiger partial charge in [-0.15, -0.1) is 0 Å². The monoisotopic (exact) mass is 294 g/mol. The molecular formula is C13H12BrFN2. The van der Waals surface area contributed by atoms with Gasteiger partial charge in [-0.1, -0.05) is 6.07 Å². The van der Waals surface area contributed by atoms with Crippen LogP contribution >= 0.6 is 15.9 Å². The number of aryl methyl sites for hydroxylation is 2. The minimum atomic E-state index is -0.286. The van der Waals surface area contributed by atoms with E-state index in [1.165, 1.54) is 6.07 Å². The summed E-state index contributed by atoms with van der Waals surface area (Å²) in [5.41, 5.74) is 2.48. The number of benzene rings is 1. The molecule has 0 amide bonds. The molecule has 0 fully saturated rings. The molecule has 0 saturated heterocycles. The Morgan fingerprint density at radius 1 is 1.24 bits per heavy atom. The Kier molecular flexibility index (Phi) is 3.43. The van der Waals surface area contributed by atoms with Gasteiger partial charge in [0.25, 0.3) is 0 Å². The minimum Gasteiger partial charge on any atom is -0.337 e. The fraction of sp³-hybridized carbons (Fsp3) is 0.154.